The van der Waals surface area contributed by atoms with Gasteiger partial charge in [0.25, 0.3) is 0 Å². The van der Waals surface area contributed by atoms with Crippen molar-refractivity contribution in [2.75, 3.05) is 0 Å². The Balaban J connectivity index is 1.22. The fourth-order valence-corrected chi connectivity index (χ4v) is 6.20. The fraction of sp³-hybridized carbons (Fsp3) is 0.692. The van der Waals surface area contributed by atoms with Crippen LogP contribution in [-0.2, 0) is 4.79 Å². The van der Waals surface area contributed by atoms with Gasteiger partial charge in [-0.3, -0.25) is 9.59 Å². The lowest BCUT2D eigenvalue weighted by Crippen LogP contribution is -2.17. The third kappa shape index (κ3) is 4.50. The second-order valence-electron chi connectivity index (χ2n) is 9.87. The largest absolute Gasteiger partial charge is 0.388 e. The van der Waals surface area contributed by atoms with E-state index in [1.807, 2.05) is 25.1 Å². The molecule has 2 saturated carbocycles. The van der Waals surface area contributed by atoms with Crippen molar-refractivity contribution in [1.29, 1.82) is 0 Å². The number of carbonyl (C=O) groups excluding carboxylic acids is 2. The number of aliphatic hydroxyl groups is 1. The van der Waals surface area contributed by atoms with Crippen LogP contribution in [-0.4, -0.2) is 16.7 Å². The van der Waals surface area contributed by atoms with Crippen molar-refractivity contribution >= 4 is 11.6 Å². The maximum Gasteiger partial charge on any atom is 0.169 e. The summed E-state index contributed by atoms with van der Waals surface area (Å²) in [4.78, 5) is 25.5. The number of fused-ring (bicyclic) bond motifs is 2. The topological polar surface area (TPSA) is 54.4 Å². The maximum absolute atomic E-state index is 12.8. The van der Waals surface area contributed by atoms with Crippen molar-refractivity contribution in [3.05, 3.63) is 34.9 Å². The highest BCUT2D eigenvalue weighted by atomic mass is 16.3. The summed E-state index contributed by atoms with van der Waals surface area (Å²) in [5, 5.41) is 10.6. The molecule has 0 aromatic heterocycles. The van der Waals surface area contributed by atoms with E-state index in [4.69, 9.17) is 0 Å². The van der Waals surface area contributed by atoms with E-state index in [1.165, 1.54) is 38.5 Å². The Morgan fingerprint density at radius 3 is 2.38 bits per heavy atom. The number of benzene rings is 1. The molecule has 1 N–H and O–H groups in total. The van der Waals surface area contributed by atoms with Crippen LogP contribution in [0.3, 0.4) is 0 Å². The summed E-state index contributed by atoms with van der Waals surface area (Å²) in [6.45, 7) is 1.97. The Bertz CT molecular complexity index is 736. The highest BCUT2D eigenvalue weighted by Crippen LogP contribution is 2.42. The minimum absolute atomic E-state index is 0.0777. The molecule has 4 unspecified atom stereocenters. The van der Waals surface area contributed by atoms with Gasteiger partial charge in [0.05, 0.1) is 12.0 Å². The number of ketones is 2. The molecule has 1 aromatic rings. The first-order valence-electron chi connectivity index (χ1n) is 11.9. The molecule has 0 spiro atoms. The van der Waals surface area contributed by atoms with Crippen LogP contribution in [0.25, 0.3) is 0 Å². The highest BCUT2D eigenvalue weighted by molar-refractivity contribution is 6.03. The van der Waals surface area contributed by atoms with Gasteiger partial charge in [-0.1, -0.05) is 49.8 Å². The quantitative estimate of drug-likeness (QED) is 0.603. The zero-order valence-corrected chi connectivity index (χ0v) is 17.9. The molecule has 0 amide bonds. The number of hydrogen-bond acceptors (Lipinski definition) is 3. The Morgan fingerprint density at radius 1 is 1.00 bits per heavy atom. The summed E-state index contributed by atoms with van der Waals surface area (Å²) in [6, 6.07) is 5.74. The van der Waals surface area contributed by atoms with E-state index in [0.29, 0.717) is 24.2 Å². The molecular weight excluding hydrogens is 360 g/mol. The van der Waals surface area contributed by atoms with Crippen molar-refractivity contribution in [2.45, 2.75) is 90.1 Å². The lowest BCUT2D eigenvalue weighted by atomic mass is 9.77. The molecule has 4 atom stereocenters. The van der Waals surface area contributed by atoms with Crippen molar-refractivity contribution in [1.82, 2.24) is 0 Å². The van der Waals surface area contributed by atoms with Crippen LogP contribution in [0.1, 0.15) is 105 Å². The fourth-order valence-electron chi connectivity index (χ4n) is 6.20. The zero-order chi connectivity index (χ0) is 20.4. The number of Topliss-reactive ketones (excluding diaryl/α,β-unsaturated/α-hetero) is 2. The van der Waals surface area contributed by atoms with Gasteiger partial charge in [0.2, 0.25) is 0 Å². The number of carbonyl (C=O) groups is 2. The molecule has 1 aromatic carbocycles. The Kier molecular flexibility index (Phi) is 6.53. The Labute approximate surface area is 175 Å². The molecule has 3 heteroatoms. The van der Waals surface area contributed by atoms with Gasteiger partial charge in [-0.15, -0.1) is 0 Å². The predicted molar refractivity (Wildman–Crippen MR) is 115 cm³/mol. The molecule has 158 valence electrons. The third-order valence-electron chi connectivity index (χ3n) is 7.99. The molecule has 3 nitrogen and oxygen atoms in total. The molecule has 0 bridgehead atoms. The average molecular weight is 397 g/mol. The van der Waals surface area contributed by atoms with Gasteiger partial charge in [-0.25, -0.2) is 0 Å². The van der Waals surface area contributed by atoms with Crippen LogP contribution >= 0.6 is 0 Å². The molecule has 0 saturated heterocycles. The van der Waals surface area contributed by atoms with Crippen molar-refractivity contribution in [3.8, 4) is 0 Å². The SMILES string of the molecule is Cc1ccc2c(c1)C(=O)C(CCCCC(=O)C1CCC3CCCCC3CC1)C2O. The van der Waals surface area contributed by atoms with E-state index in [-0.39, 0.29) is 17.6 Å². The van der Waals surface area contributed by atoms with Crippen LogP contribution in [0, 0.1) is 30.6 Å². The normalized spacial score (nSPS) is 31.8. The van der Waals surface area contributed by atoms with Gasteiger partial charge in [-0.05, 0) is 68.9 Å². The summed E-state index contributed by atoms with van der Waals surface area (Å²) in [6.07, 6.45) is 12.5. The third-order valence-corrected chi connectivity index (χ3v) is 7.99. The van der Waals surface area contributed by atoms with E-state index in [2.05, 4.69) is 0 Å². The van der Waals surface area contributed by atoms with Gasteiger partial charge >= 0.3 is 0 Å². The second-order valence-corrected chi connectivity index (χ2v) is 9.87. The van der Waals surface area contributed by atoms with E-state index < -0.39 is 6.10 Å². The number of aliphatic hydroxyl groups excluding tert-OH is 1. The zero-order valence-electron chi connectivity index (χ0n) is 17.9. The van der Waals surface area contributed by atoms with Crippen molar-refractivity contribution in [2.24, 2.45) is 23.7 Å². The summed E-state index contributed by atoms with van der Waals surface area (Å²) in [5.41, 5.74) is 2.53. The summed E-state index contributed by atoms with van der Waals surface area (Å²) >= 11 is 0. The molecule has 4 rings (SSSR count). The Hall–Kier alpha value is -1.48. The van der Waals surface area contributed by atoms with Gasteiger partial charge in [0, 0.05) is 17.9 Å². The lowest BCUT2D eigenvalue weighted by molar-refractivity contribution is -0.123. The number of rotatable bonds is 6. The lowest BCUT2D eigenvalue weighted by Gasteiger charge is -2.29. The smallest absolute Gasteiger partial charge is 0.169 e. The van der Waals surface area contributed by atoms with Gasteiger partial charge in [0.15, 0.2) is 5.78 Å². The molecular formula is C26H36O3. The number of hydrogen-bond donors (Lipinski definition) is 1. The standard InChI is InChI=1S/C26H36O3/c1-17-10-15-21-23(16-17)26(29)22(25(21)28)8-4-5-9-24(27)20-13-11-18-6-2-3-7-19(18)12-14-20/h10,15-16,18-20,22,25,28H,2-9,11-14H2,1H3. The van der Waals surface area contributed by atoms with Crippen LogP contribution in [0.15, 0.2) is 18.2 Å². The highest BCUT2D eigenvalue weighted by Gasteiger charge is 2.38. The Morgan fingerprint density at radius 2 is 1.69 bits per heavy atom. The predicted octanol–water partition coefficient (Wildman–Crippen LogP) is 5.97. The first-order valence-corrected chi connectivity index (χ1v) is 11.9. The van der Waals surface area contributed by atoms with E-state index in [1.54, 1.807) is 0 Å². The number of aryl methyl sites for hydroxylation is 1. The van der Waals surface area contributed by atoms with Crippen molar-refractivity contribution in [3.63, 3.8) is 0 Å². The first-order chi connectivity index (χ1) is 14.0. The van der Waals surface area contributed by atoms with Crippen LogP contribution in [0.2, 0.25) is 0 Å². The van der Waals surface area contributed by atoms with Gasteiger partial charge in [0.1, 0.15) is 5.78 Å². The molecule has 0 heterocycles. The second kappa shape index (κ2) is 9.12. The summed E-state index contributed by atoms with van der Waals surface area (Å²) < 4.78 is 0. The average Bonchev–Trinajstić information content (AvgIpc) is 2.88. The van der Waals surface area contributed by atoms with E-state index >= 15 is 0 Å². The number of unbranched alkanes of at least 4 members (excludes halogenated alkanes) is 1. The van der Waals surface area contributed by atoms with E-state index in [9.17, 15) is 14.7 Å². The summed E-state index contributed by atoms with van der Waals surface area (Å²) in [7, 11) is 0. The molecule has 3 aliphatic carbocycles. The molecule has 29 heavy (non-hydrogen) atoms. The molecule has 0 radical (unpaired) electrons. The molecule has 3 aliphatic rings. The molecule has 0 aliphatic heterocycles. The van der Waals surface area contributed by atoms with Crippen LogP contribution in [0.4, 0.5) is 0 Å². The first kappa shape index (κ1) is 20.8. The van der Waals surface area contributed by atoms with Gasteiger partial charge < -0.3 is 5.11 Å². The van der Waals surface area contributed by atoms with Crippen LogP contribution < -0.4 is 0 Å². The van der Waals surface area contributed by atoms with Gasteiger partial charge in [-0.2, -0.15) is 0 Å². The van der Waals surface area contributed by atoms with Crippen molar-refractivity contribution < 1.29 is 14.7 Å². The molecule has 2 fully saturated rings. The summed E-state index contributed by atoms with van der Waals surface area (Å²) in [5.74, 6) is 2.22. The van der Waals surface area contributed by atoms with Crippen LogP contribution in [0.5, 0.6) is 0 Å². The minimum Gasteiger partial charge on any atom is -0.388 e. The maximum atomic E-state index is 12.8. The minimum atomic E-state index is -0.681. The van der Waals surface area contributed by atoms with E-state index in [0.717, 1.165) is 48.6 Å². The monoisotopic (exact) mass is 396 g/mol.